The van der Waals surface area contributed by atoms with Crippen LogP contribution in [0.5, 0.6) is 11.5 Å². The third kappa shape index (κ3) is 5.08. The molecular weight excluding hydrogens is 522 g/mol. The summed E-state index contributed by atoms with van der Waals surface area (Å²) in [5, 5.41) is 6.26. The number of halogens is 1. The van der Waals surface area contributed by atoms with E-state index >= 15 is 0 Å². The van der Waals surface area contributed by atoms with Gasteiger partial charge in [0, 0.05) is 46.9 Å². The summed E-state index contributed by atoms with van der Waals surface area (Å²) in [5.74, 6) is 1.54. The van der Waals surface area contributed by atoms with E-state index in [-0.39, 0.29) is 17.5 Å². The third-order valence-corrected chi connectivity index (χ3v) is 8.83. The number of methoxy groups -OCH3 is 2. The molecule has 2 amide bonds. The van der Waals surface area contributed by atoms with Gasteiger partial charge < -0.3 is 24.8 Å². The summed E-state index contributed by atoms with van der Waals surface area (Å²) in [7, 11) is 3.38. The van der Waals surface area contributed by atoms with Crippen LogP contribution in [0.15, 0.2) is 46.9 Å². The Balaban J connectivity index is 1.37. The highest BCUT2D eigenvalue weighted by Gasteiger charge is 2.53. The zero-order chi connectivity index (χ0) is 25.1. The van der Waals surface area contributed by atoms with E-state index in [1.165, 1.54) is 5.56 Å². The average molecular weight is 559 g/mol. The highest BCUT2D eigenvalue weighted by molar-refractivity contribution is 9.10. The van der Waals surface area contributed by atoms with Crippen LogP contribution in [0.4, 0.5) is 10.5 Å². The van der Waals surface area contributed by atoms with Gasteiger partial charge in [-0.05, 0) is 81.0 Å². The molecule has 7 nitrogen and oxygen atoms in total. The van der Waals surface area contributed by atoms with Crippen LogP contribution < -0.4 is 20.1 Å². The lowest BCUT2D eigenvalue weighted by Crippen LogP contribution is -2.55. The second kappa shape index (κ2) is 11.0. The average Bonchev–Trinajstić information content (AvgIpc) is 3.28. The first-order valence-electron chi connectivity index (χ1n) is 12.9. The molecule has 3 fully saturated rings. The normalized spacial score (nSPS) is 26.8. The summed E-state index contributed by atoms with van der Waals surface area (Å²) >= 11 is 3.47. The standard InChI is InChI=1S/C28H36BrN3O4/c1-34-24-7-6-19(16-25(24)35-2)28-11-8-22(31-27(33)30-21-5-3-4-20(29)17-21)18-26(28)32(13-12-28)23-9-14-36-15-10-23/h3-7,16-17,22-23,26H,8-15,18H2,1-2H3,(H2,30,31,33)/t22-,26+,28-/m0/s1. The molecule has 3 atom stereocenters. The number of nitrogens with one attached hydrogen (secondary N) is 2. The molecule has 2 aromatic carbocycles. The quantitative estimate of drug-likeness (QED) is 0.502. The van der Waals surface area contributed by atoms with E-state index in [1.54, 1.807) is 14.2 Å². The molecule has 0 radical (unpaired) electrons. The van der Waals surface area contributed by atoms with E-state index in [1.807, 2.05) is 30.3 Å². The van der Waals surface area contributed by atoms with Crippen LogP contribution in [-0.2, 0) is 10.2 Å². The molecule has 1 aliphatic carbocycles. The Hall–Kier alpha value is -2.29. The van der Waals surface area contributed by atoms with Crippen molar-refractivity contribution in [2.24, 2.45) is 0 Å². The van der Waals surface area contributed by atoms with Gasteiger partial charge in [0.15, 0.2) is 11.5 Å². The largest absolute Gasteiger partial charge is 0.493 e. The van der Waals surface area contributed by atoms with E-state index in [9.17, 15) is 4.79 Å². The minimum absolute atomic E-state index is 0.0385. The fourth-order valence-electron chi connectivity index (χ4n) is 6.57. The summed E-state index contributed by atoms with van der Waals surface area (Å²) in [5.41, 5.74) is 2.13. The van der Waals surface area contributed by atoms with Gasteiger partial charge in [0.1, 0.15) is 0 Å². The van der Waals surface area contributed by atoms with Gasteiger partial charge in [-0.1, -0.05) is 28.1 Å². The Labute approximate surface area is 222 Å². The molecule has 0 bridgehead atoms. The topological polar surface area (TPSA) is 72.1 Å². The fraction of sp³-hybridized carbons (Fsp3) is 0.536. The molecule has 8 heteroatoms. The number of fused-ring (bicyclic) bond motifs is 1. The number of hydrogen-bond acceptors (Lipinski definition) is 5. The number of hydrogen-bond donors (Lipinski definition) is 2. The molecule has 1 saturated carbocycles. The molecule has 2 heterocycles. The Morgan fingerprint density at radius 2 is 1.86 bits per heavy atom. The van der Waals surface area contributed by atoms with Crippen LogP contribution in [0.25, 0.3) is 0 Å². The summed E-state index contributed by atoms with van der Waals surface area (Å²) in [6, 6.07) is 15.0. The number of benzene rings is 2. The van der Waals surface area contributed by atoms with Gasteiger partial charge in [-0.15, -0.1) is 0 Å². The Kier molecular flexibility index (Phi) is 7.74. The molecule has 2 saturated heterocycles. The molecule has 5 rings (SSSR count). The Morgan fingerprint density at radius 3 is 2.61 bits per heavy atom. The highest BCUT2D eigenvalue weighted by atomic mass is 79.9. The summed E-state index contributed by atoms with van der Waals surface area (Å²) in [4.78, 5) is 15.6. The number of rotatable bonds is 6. The maximum Gasteiger partial charge on any atom is 0.319 e. The molecule has 194 valence electrons. The SMILES string of the molecule is COc1ccc([C@@]23CC[C@H](NC(=O)Nc4cccc(Br)c4)C[C@H]2N(C2CCOCC2)CC3)cc1OC. The zero-order valence-electron chi connectivity index (χ0n) is 21.1. The number of carbonyl (C=O) groups excluding carboxylic acids is 1. The van der Waals surface area contributed by atoms with Crippen molar-refractivity contribution in [2.75, 3.05) is 39.3 Å². The fourth-order valence-corrected chi connectivity index (χ4v) is 6.97. The lowest BCUT2D eigenvalue weighted by molar-refractivity contribution is 0.0143. The number of urea groups is 1. The molecule has 2 aromatic rings. The van der Waals surface area contributed by atoms with E-state index in [0.29, 0.717) is 12.1 Å². The minimum atomic E-state index is -0.146. The van der Waals surface area contributed by atoms with Crippen LogP contribution in [0.1, 0.15) is 44.1 Å². The molecule has 2 aliphatic heterocycles. The second-order valence-corrected chi connectivity index (χ2v) is 11.1. The van der Waals surface area contributed by atoms with Gasteiger partial charge in [0.05, 0.1) is 14.2 Å². The predicted molar refractivity (Wildman–Crippen MR) is 144 cm³/mol. The van der Waals surface area contributed by atoms with Crippen molar-refractivity contribution in [2.45, 2.75) is 62.1 Å². The maximum absolute atomic E-state index is 12.9. The molecule has 36 heavy (non-hydrogen) atoms. The van der Waals surface area contributed by atoms with Crippen LogP contribution >= 0.6 is 15.9 Å². The van der Waals surface area contributed by atoms with Crippen molar-refractivity contribution >= 4 is 27.6 Å². The monoisotopic (exact) mass is 557 g/mol. The summed E-state index contributed by atoms with van der Waals surface area (Å²) in [6.45, 7) is 2.72. The number of likely N-dealkylation sites (tertiary alicyclic amines) is 1. The van der Waals surface area contributed by atoms with Crippen molar-refractivity contribution in [1.29, 1.82) is 0 Å². The van der Waals surface area contributed by atoms with Gasteiger partial charge in [-0.2, -0.15) is 0 Å². The van der Waals surface area contributed by atoms with Crippen molar-refractivity contribution < 1.29 is 19.0 Å². The van der Waals surface area contributed by atoms with Gasteiger partial charge in [0.2, 0.25) is 0 Å². The van der Waals surface area contributed by atoms with Crippen molar-refractivity contribution in [3.05, 3.63) is 52.5 Å². The number of ether oxygens (including phenoxy) is 3. The van der Waals surface area contributed by atoms with E-state index < -0.39 is 0 Å². The van der Waals surface area contributed by atoms with E-state index in [0.717, 1.165) is 79.9 Å². The van der Waals surface area contributed by atoms with Crippen LogP contribution in [0, 0.1) is 0 Å². The van der Waals surface area contributed by atoms with E-state index in [4.69, 9.17) is 14.2 Å². The van der Waals surface area contributed by atoms with Crippen LogP contribution in [0.2, 0.25) is 0 Å². The first kappa shape index (κ1) is 25.4. The maximum atomic E-state index is 12.9. The zero-order valence-corrected chi connectivity index (χ0v) is 22.7. The van der Waals surface area contributed by atoms with Crippen molar-refractivity contribution in [3.63, 3.8) is 0 Å². The van der Waals surface area contributed by atoms with Gasteiger partial charge in [-0.3, -0.25) is 4.90 Å². The minimum Gasteiger partial charge on any atom is -0.493 e. The third-order valence-electron chi connectivity index (χ3n) is 8.34. The first-order valence-corrected chi connectivity index (χ1v) is 13.7. The molecule has 0 spiro atoms. The smallest absolute Gasteiger partial charge is 0.319 e. The van der Waals surface area contributed by atoms with Crippen molar-refractivity contribution in [3.8, 4) is 11.5 Å². The number of amides is 2. The molecule has 3 aliphatic rings. The Morgan fingerprint density at radius 1 is 1.06 bits per heavy atom. The summed E-state index contributed by atoms with van der Waals surface area (Å²) < 4.78 is 17.8. The van der Waals surface area contributed by atoms with E-state index in [2.05, 4.69) is 43.6 Å². The number of nitrogens with zero attached hydrogens (tertiary/aromatic N) is 1. The van der Waals surface area contributed by atoms with Gasteiger partial charge in [0.25, 0.3) is 0 Å². The molecule has 0 aromatic heterocycles. The van der Waals surface area contributed by atoms with Crippen LogP contribution in [-0.4, -0.2) is 63.0 Å². The Bertz CT molecular complexity index is 1080. The lowest BCUT2D eigenvalue weighted by atomic mass is 9.65. The molecule has 2 N–H and O–H groups in total. The number of anilines is 1. The molecular formula is C28H36BrN3O4. The first-order chi connectivity index (χ1) is 17.5. The lowest BCUT2D eigenvalue weighted by Gasteiger charge is -2.47. The highest BCUT2D eigenvalue weighted by Crippen LogP contribution is 2.51. The van der Waals surface area contributed by atoms with Gasteiger partial charge in [-0.25, -0.2) is 4.79 Å². The van der Waals surface area contributed by atoms with Crippen molar-refractivity contribution in [1.82, 2.24) is 10.2 Å². The van der Waals surface area contributed by atoms with Gasteiger partial charge >= 0.3 is 6.03 Å². The predicted octanol–water partition coefficient (Wildman–Crippen LogP) is 5.33. The molecule has 0 unspecified atom stereocenters. The summed E-state index contributed by atoms with van der Waals surface area (Å²) in [6.07, 6.45) is 6.14. The van der Waals surface area contributed by atoms with Crippen LogP contribution in [0.3, 0.4) is 0 Å². The number of carbonyl (C=O) groups is 1. The second-order valence-electron chi connectivity index (χ2n) is 10.2.